The molecule has 19 heavy (non-hydrogen) atoms. The maximum absolute atomic E-state index is 5.63. The third-order valence-electron chi connectivity index (χ3n) is 3.43. The number of aromatic nitrogens is 3. The number of ether oxygens (including phenoxy) is 2. The Morgan fingerprint density at radius 3 is 2.84 bits per heavy atom. The minimum atomic E-state index is -0.498. The first kappa shape index (κ1) is 12.3. The standard InChI is InChI=1S/C13H15N3O3/c1-17-13(4-7-18-8-5-13)12-15-11(19-16-12)10-3-2-6-14-9-10/h2-3,6,9H,4-5,7-8H2,1H3. The van der Waals surface area contributed by atoms with Crippen LogP contribution in [0.1, 0.15) is 18.7 Å². The Bertz CT molecular complexity index is 535. The van der Waals surface area contributed by atoms with Gasteiger partial charge in [0.2, 0.25) is 5.82 Å². The molecule has 100 valence electrons. The van der Waals surface area contributed by atoms with Crippen LogP contribution in [0.2, 0.25) is 0 Å². The summed E-state index contributed by atoms with van der Waals surface area (Å²) in [7, 11) is 1.67. The quantitative estimate of drug-likeness (QED) is 0.838. The van der Waals surface area contributed by atoms with Crippen LogP contribution >= 0.6 is 0 Å². The van der Waals surface area contributed by atoms with Gasteiger partial charge in [0, 0.05) is 45.6 Å². The molecule has 0 aromatic carbocycles. The van der Waals surface area contributed by atoms with E-state index in [4.69, 9.17) is 14.0 Å². The van der Waals surface area contributed by atoms with Gasteiger partial charge in [0.05, 0.1) is 5.56 Å². The molecule has 2 aromatic rings. The second kappa shape index (κ2) is 5.07. The summed E-state index contributed by atoms with van der Waals surface area (Å²) in [6, 6.07) is 3.72. The normalized spacial score (nSPS) is 18.4. The summed E-state index contributed by atoms with van der Waals surface area (Å²) in [6.45, 7) is 1.29. The van der Waals surface area contributed by atoms with E-state index >= 15 is 0 Å². The highest BCUT2D eigenvalue weighted by Gasteiger charge is 2.39. The smallest absolute Gasteiger partial charge is 0.259 e. The average molecular weight is 261 g/mol. The topological polar surface area (TPSA) is 70.3 Å². The van der Waals surface area contributed by atoms with Crippen LogP contribution in [0.25, 0.3) is 11.5 Å². The first-order chi connectivity index (χ1) is 9.34. The summed E-state index contributed by atoms with van der Waals surface area (Å²) in [4.78, 5) is 8.49. The van der Waals surface area contributed by atoms with Gasteiger partial charge in [0.25, 0.3) is 5.89 Å². The Kier molecular flexibility index (Phi) is 3.27. The molecular formula is C13H15N3O3. The molecule has 6 heteroatoms. The fourth-order valence-electron chi connectivity index (χ4n) is 2.24. The predicted molar refractivity (Wildman–Crippen MR) is 66.3 cm³/mol. The fourth-order valence-corrected chi connectivity index (χ4v) is 2.24. The van der Waals surface area contributed by atoms with Crippen molar-refractivity contribution in [3.05, 3.63) is 30.4 Å². The van der Waals surface area contributed by atoms with E-state index < -0.39 is 5.60 Å². The number of nitrogens with zero attached hydrogens (tertiary/aromatic N) is 3. The Morgan fingerprint density at radius 1 is 1.32 bits per heavy atom. The van der Waals surface area contributed by atoms with Gasteiger partial charge in [-0.3, -0.25) is 4.98 Å². The van der Waals surface area contributed by atoms with Crippen molar-refractivity contribution in [2.24, 2.45) is 0 Å². The molecule has 0 bridgehead atoms. The molecule has 6 nitrogen and oxygen atoms in total. The van der Waals surface area contributed by atoms with E-state index in [2.05, 4.69) is 15.1 Å². The highest BCUT2D eigenvalue weighted by Crippen LogP contribution is 2.34. The Morgan fingerprint density at radius 2 is 2.16 bits per heavy atom. The van der Waals surface area contributed by atoms with E-state index in [-0.39, 0.29) is 0 Å². The lowest BCUT2D eigenvalue weighted by Gasteiger charge is -2.32. The maximum Gasteiger partial charge on any atom is 0.259 e. The largest absolute Gasteiger partial charge is 0.381 e. The molecule has 0 unspecified atom stereocenters. The number of hydrogen-bond donors (Lipinski definition) is 0. The molecule has 0 N–H and O–H groups in total. The van der Waals surface area contributed by atoms with Crippen molar-refractivity contribution in [1.82, 2.24) is 15.1 Å². The van der Waals surface area contributed by atoms with Gasteiger partial charge >= 0.3 is 0 Å². The zero-order valence-corrected chi connectivity index (χ0v) is 10.7. The second-order valence-electron chi connectivity index (χ2n) is 4.48. The highest BCUT2D eigenvalue weighted by molar-refractivity contribution is 5.50. The van der Waals surface area contributed by atoms with Gasteiger partial charge < -0.3 is 14.0 Å². The van der Waals surface area contributed by atoms with Gasteiger partial charge in [-0.15, -0.1) is 0 Å². The predicted octanol–water partition coefficient (Wildman–Crippen LogP) is 1.78. The summed E-state index contributed by atoms with van der Waals surface area (Å²) >= 11 is 0. The van der Waals surface area contributed by atoms with Crippen LogP contribution in [0, 0.1) is 0 Å². The zero-order chi connectivity index (χ0) is 13.1. The van der Waals surface area contributed by atoms with E-state index in [1.165, 1.54) is 0 Å². The minimum Gasteiger partial charge on any atom is -0.381 e. The van der Waals surface area contributed by atoms with Crippen molar-refractivity contribution < 1.29 is 14.0 Å². The van der Waals surface area contributed by atoms with Crippen LogP contribution in [-0.4, -0.2) is 35.4 Å². The van der Waals surface area contributed by atoms with Gasteiger partial charge in [-0.2, -0.15) is 4.98 Å². The third-order valence-corrected chi connectivity index (χ3v) is 3.43. The van der Waals surface area contributed by atoms with Crippen molar-refractivity contribution in [3.63, 3.8) is 0 Å². The molecule has 0 amide bonds. The summed E-state index contributed by atoms with van der Waals surface area (Å²) in [6.07, 6.45) is 4.86. The molecule has 0 saturated carbocycles. The zero-order valence-electron chi connectivity index (χ0n) is 10.7. The molecule has 2 aromatic heterocycles. The third kappa shape index (κ3) is 2.24. The summed E-state index contributed by atoms with van der Waals surface area (Å²) < 4.78 is 16.3. The molecule has 0 radical (unpaired) electrons. The number of hydrogen-bond acceptors (Lipinski definition) is 6. The number of methoxy groups -OCH3 is 1. The van der Waals surface area contributed by atoms with Gasteiger partial charge in [-0.1, -0.05) is 5.16 Å². The molecule has 0 atom stereocenters. The van der Waals surface area contributed by atoms with Gasteiger partial charge in [-0.25, -0.2) is 0 Å². The Balaban J connectivity index is 1.92. The second-order valence-corrected chi connectivity index (χ2v) is 4.48. The highest BCUT2D eigenvalue weighted by atomic mass is 16.5. The first-order valence-corrected chi connectivity index (χ1v) is 6.21. The van der Waals surface area contributed by atoms with Crippen LogP contribution < -0.4 is 0 Å². The van der Waals surface area contributed by atoms with E-state index in [1.54, 1.807) is 19.5 Å². The van der Waals surface area contributed by atoms with Crippen LogP contribution in [-0.2, 0) is 15.1 Å². The van der Waals surface area contributed by atoms with E-state index in [9.17, 15) is 0 Å². The Hall–Kier alpha value is -1.79. The van der Waals surface area contributed by atoms with Crippen molar-refractivity contribution in [2.75, 3.05) is 20.3 Å². The van der Waals surface area contributed by atoms with Gasteiger partial charge in [-0.05, 0) is 12.1 Å². The molecule has 1 saturated heterocycles. The van der Waals surface area contributed by atoms with Gasteiger partial charge in [0.1, 0.15) is 5.60 Å². The van der Waals surface area contributed by atoms with E-state index in [0.717, 1.165) is 18.4 Å². The number of rotatable bonds is 3. The SMILES string of the molecule is COC1(c2noc(-c3cccnc3)n2)CCOCC1. The average Bonchev–Trinajstić information content (AvgIpc) is 2.99. The first-order valence-electron chi connectivity index (χ1n) is 6.21. The lowest BCUT2D eigenvalue weighted by Crippen LogP contribution is -2.36. The maximum atomic E-state index is 5.63. The van der Waals surface area contributed by atoms with Gasteiger partial charge in [0.15, 0.2) is 0 Å². The number of pyridine rings is 1. The van der Waals surface area contributed by atoms with E-state index in [1.807, 2.05) is 12.1 Å². The van der Waals surface area contributed by atoms with Crippen molar-refractivity contribution in [3.8, 4) is 11.5 Å². The summed E-state index contributed by atoms with van der Waals surface area (Å²) in [5.41, 5.74) is 0.307. The Labute approximate surface area is 110 Å². The van der Waals surface area contributed by atoms with Crippen LogP contribution in [0.15, 0.2) is 29.0 Å². The molecule has 0 spiro atoms. The fraction of sp³-hybridized carbons (Fsp3) is 0.462. The van der Waals surface area contributed by atoms with Crippen LogP contribution in [0.4, 0.5) is 0 Å². The molecule has 3 rings (SSSR count). The lowest BCUT2D eigenvalue weighted by molar-refractivity contribution is -0.101. The summed E-state index contributed by atoms with van der Waals surface area (Å²) in [5.74, 6) is 1.04. The van der Waals surface area contributed by atoms with Crippen molar-refractivity contribution >= 4 is 0 Å². The minimum absolute atomic E-state index is 0.464. The summed E-state index contributed by atoms with van der Waals surface area (Å²) in [5, 5.41) is 4.06. The molecular weight excluding hydrogens is 246 g/mol. The van der Waals surface area contributed by atoms with Crippen LogP contribution in [0.5, 0.6) is 0 Å². The molecule has 3 heterocycles. The lowest BCUT2D eigenvalue weighted by atomic mass is 9.93. The molecule has 0 aliphatic carbocycles. The van der Waals surface area contributed by atoms with Crippen molar-refractivity contribution in [1.29, 1.82) is 0 Å². The monoisotopic (exact) mass is 261 g/mol. The molecule has 1 fully saturated rings. The van der Waals surface area contributed by atoms with E-state index in [0.29, 0.717) is 24.9 Å². The van der Waals surface area contributed by atoms with Crippen LogP contribution in [0.3, 0.4) is 0 Å². The molecule has 1 aliphatic heterocycles. The van der Waals surface area contributed by atoms with Crippen molar-refractivity contribution in [2.45, 2.75) is 18.4 Å². The molecule has 1 aliphatic rings.